The molecule has 0 spiro atoms. The summed E-state index contributed by atoms with van der Waals surface area (Å²) in [4.78, 5) is 0. The van der Waals surface area contributed by atoms with Crippen LogP contribution in [0.4, 0.5) is 0 Å². The lowest BCUT2D eigenvalue weighted by Gasteiger charge is -2.16. The maximum Gasteiger partial charge on any atom is 0.0738 e. The molecule has 2 unspecified atom stereocenters. The molecule has 0 amide bonds. The third kappa shape index (κ3) is 20.7. The van der Waals surface area contributed by atoms with Gasteiger partial charge in [-0.3, -0.25) is 0 Å². The van der Waals surface area contributed by atoms with E-state index in [1.54, 1.807) is 0 Å². The molecule has 0 fully saturated rings. The summed E-state index contributed by atoms with van der Waals surface area (Å²) in [5, 5.41) is 0. The molecule has 0 radical (unpaired) electrons. The minimum absolute atomic E-state index is 0.143. The summed E-state index contributed by atoms with van der Waals surface area (Å²) in [6.07, 6.45) is 23.4. The highest BCUT2D eigenvalue weighted by Crippen LogP contribution is 2.15. The predicted molar refractivity (Wildman–Crippen MR) is 151 cm³/mol. The molecule has 0 aromatic heterocycles. The van der Waals surface area contributed by atoms with Crippen LogP contribution in [-0.2, 0) is 4.74 Å². The Morgan fingerprint density at radius 2 is 0.788 bits per heavy atom. The normalized spacial score (nSPS) is 15.3. The minimum Gasteiger partial charge on any atom is -0.367 e. The molecule has 2 atom stereocenters. The summed E-state index contributed by atoms with van der Waals surface area (Å²) in [7, 11) is 0. The van der Waals surface area contributed by atoms with Crippen LogP contribution in [0.3, 0.4) is 0 Å². The monoisotopic (exact) mass is 454 g/mol. The fourth-order valence-corrected chi connectivity index (χ4v) is 3.86. The van der Waals surface area contributed by atoms with Crippen molar-refractivity contribution >= 4 is 0 Å². The van der Waals surface area contributed by atoms with Crippen molar-refractivity contribution in [3.05, 3.63) is 69.9 Å². The second-order valence-corrected chi connectivity index (χ2v) is 10.4. The van der Waals surface area contributed by atoms with Gasteiger partial charge in [0.1, 0.15) is 0 Å². The zero-order valence-electron chi connectivity index (χ0n) is 23.7. The Bertz CT molecular complexity index is 654. The van der Waals surface area contributed by atoms with Crippen molar-refractivity contribution < 1.29 is 4.74 Å². The maximum atomic E-state index is 6.20. The molecule has 0 aliphatic heterocycles. The maximum absolute atomic E-state index is 6.20. The van der Waals surface area contributed by atoms with E-state index in [2.05, 4.69) is 106 Å². The number of hydrogen-bond donors (Lipinski definition) is 0. The van der Waals surface area contributed by atoms with Gasteiger partial charge in [-0.2, -0.15) is 0 Å². The molecule has 188 valence electrons. The molecule has 0 saturated carbocycles. The van der Waals surface area contributed by atoms with Gasteiger partial charge in [0, 0.05) is 0 Å². The van der Waals surface area contributed by atoms with Gasteiger partial charge in [-0.1, -0.05) is 69.9 Å². The van der Waals surface area contributed by atoms with Crippen LogP contribution in [0.1, 0.15) is 121 Å². The first kappa shape index (κ1) is 31.4. The predicted octanol–water partition coefficient (Wildman–Crippen LogP) is 10.6. The SMILES string of the molecule is CC(C)=CCCC(C)=CCCC(C)=CC(C)OC(C)C=C(C)CCC=C(C)CCC=C(C)C. The van der Waals surface area contributed by atoms with Crippen LogP contribution < -0.4 is 0 Å². The third-order valence-electron chi connectivity index (χ3n) is 5.71. The summed E-state index contributed by atoms with van der Waals surface area (Å²) >= 11 is 0. The Morgan fingerprint density at radius 3 is 1.12 bits per heavy atom. The zero-order chi connectivity index (χ0) is 25.2. The average Bonchev–Trinajstić information content (AvgIpc) is 2.66. The molecule has 33 heavy (non-hydrogen) atoms. The Kier molecular flexibility index (Phi) is 17.9. The van der Waals surface area contributed by atoms with E-state index in [-0.39, 0.29) is 12.2 Å². The summed E-state index contributed by atoms with van der Waals surface area (Å²) in [6, 6.07) is 0. The van der Waals surface area contributed by atoms with Crippen LogP contribution in [0.2, 0.25) is 0 Å². The summed E-state index contributed by atoms with van der Waals surface area (Å²) < 4.78 is 6.20. The van der Waals surface area contributed by atoms with Gasteiger partial charge in [-0.05, 0) is 121 Å². The first-order valence-corrected chi connectivity index (χ1v) is 13.1. The van der Waals surface area contributed by atoms with Crippen molar-refractivity contribution in [1.82, 2.24) is 0 Å². The number of hydrogen-bond acceptors (Lipinski definition) is 1. The van der Waals surface area contributed by atoms with Crippen LogP contribution in [0.25, 0.3) is 0 Å². The van der Waals surface area contributed by atoms with Crippen molar-refractivity contribution in [3.8, 4) is 0 Å². The Balaban J connectivity index is 4.36. The first-order chi connectivity index (χ1) is 15.5. The molecule has 0 N–H and O–H groups in total. The van der Waals surface area contributed by atoms with E-state index in [4.69, 9.17) is 4.74 Å². The number of allylic oxidation sites excluding steroid dienone is 10. The fraction of sp³-hybridized carbons (Fsp3) is 0.625. The molecule has 0 aliphatic carbocycles. The lowest BCUT2D eigenvalue weighted by Crippen LogP contribution is -2.14. The molecule has 0 heterocycles. The van der Waals surface area contributed by atoms with E-state index >= 15 is 0 Å². The van der Waals surface area contributed by atoms with Crippen LogP contribution >= 0.6 is 0 Å². The van der Waals surface area contributed by atoms with E-state index < -0.39 is 0 Å². The topological polar surface area (TPSA) is 9.23 Å². The average molecular weight is 455 g/mol. The lowest BCUT2D eigenvalue weighted by atomic mass is 10.1. The highest BCUT2D eigenvalue weighted by molar-refractivity contribution is 5.09. The molecule has 1 nitrogen and oxygen atoms in total. The quantitative estimate of drug-likeness (QED) is 0.211. The second-order valence-electron chi connectivity index (χ2n) is 10.4. The van der Waals surface area contributed by atoms with Gasteiger partial charge >= 0.3 is 0 Å². The van der Waals surface area contributed by atoms with Gasteiger partial charge in [0.05, 0.1) is 12.2 Å². The van der Waals surface area contributed by atoms with Crippen molar-refractivity contribution in [3.63, 3.8) is 0 Å². The molecule has 0 saturated heterocycles. The van der Waals surface area contributed by atoms with E-state index in [0.717, 1.165) is 38.5 Å². The second kappa shape index (κ2) is 18.8. The van der Waals surface area contributed by atoms with Crippen molar-refractivity contribution in [2.75, 3.05) is 0 Å². The molecule has 1 heteroatoms. The third-order valence-corrected chi connectivity index (χ3v) is 5.71. The van der Waals surface area contributed by atoms with Gasteiger partial charge in [-0.25, -0.2) is 0 Å². The highest BCUT2D eigenvalue weighted by Gasteiger charge is 2.05. The molecular weight excluding hydrogens is 400 g/mol. The van der Waals surface area contributed by atoms with E-state index in [9.17, 15) is 0 Å². The van der Waals surface area contributed by atoms with E-state index in [1.165, 1.54) is 46.3 Å². The van der Waals surface area contributed by atoms with E-state index in [1.807, 2.05) is 0 Å². The molecule has 0 bridgehead atoms. The molecular formula is C32H54O. The van der Waals surface area contributed by atoms with Gasteiger partial charge in [-0.15, -0.1) is 0 Å². The first-order valence-electron chi connectivity index (χ1n) is 13.1. The lowest BCUT2D eigenvalue weighted by molar-refractivity contribution is 0.0620. The molecule has 0 rings (SSSR count). The zero-order valence-corrected chi connectivity index (χ0v) is 23.7. The Hall–Kier alpha value is -1.60. The number of rotatable bonds is 16. The summed E-state index contributed by atoms with van der Waals surface area (Å²) in [5.41, 5.74) is 8.64. The minimum atomic E-state index is 0.143. The fourth-order valence-electron chi connectivity index (χ4n) is 3.86. The van der Waals surface area contributed by atoms with Crippen molar-refractivity contribution in [2.24, 2.45) is 0 Å². The molecule has 0 aromatic carbocycles. The Morgan fingerprint density at radius 1 is 0.485 bits per heavy atom. The summed E-state index contributed by atoms with van der Waals surface area (Å²) in [5.74, 6) is 0. The van der Waals surface area contributed by atoms with Crippen molar-refractivity contribution in [2.45, 2.75) is 133 Å². The van der Waals surface area contributed by atoms with Crippen LogP contribution in [0.5, 0.6) is 0 Å². The van der Waals surface area contributed by atoms with Crippen LogP contribution in [-0.4, -0.2) is 12.2 Å². The Labute approximate surface area is 207 Å². The van der Waals surface area contributed by atoms with Crippen molar-refractivity contribution in [1.29, 1.82) is 0 Å². The highest BCUT2D eigenvalue weighted by atomic mass is 16.5. The van der Waals surface area contributed by atoms with Gasteiger partial charge < -0.3 is 4.74 Å². The molecule has 0 aromatic rings. The summed E-state index contributed by atoms with van der Waals surface area (Å²) in [6.45, 7) is 21.9. The standard InChI is InChI=1S/C32H54O/c1-25(2)15-11-17-27(5)19-13-21-29(7)23-31(9)33-32(10)24-30(8)22-14-20-28(6)18-12-16-26(3)4/h15-16,19-20,23-24,31-32H,11-14,17-18,21-22H2,1-10H3. The van der Waals surface area contributed by atoms with Gasteiger partial charge in [0.2, 0.25) is 0 Å². The van der Waals surface area contributed by atoms with Crippen LogP contribution in [0.15, 0.2) is 69.9 Å². The van der Waals surface area contributed by atoms with Gasteiger partial charge in [0.15, 0.2) is 0 Å². The van der Waals surface area contributed by atoms with Gasteiger partial charge in [0.25, 0.3) is 0 Å². The van der Waals surface area contributed by atoms with Crippen LogP contribution in [0, 0.1) is 0 Å². The smallest absolute Gasteiger partial charge is 0.0738 e. The van der Waals surface area contributed by atoms with E-state index in [0.29, 0.717) is 0 Å². The molecule has 0 aliphatic rings. The largest absolute Gasteiger partial charge is 0.367 e. The number of ether oxygens (including phenoxy) is 1.